The average molecular weight is 355 g/mol. The molecule has 1 N–H and O–H groups in total. The highest BCUT2D eigenvalue weighted by molar-refractivity contribution is 8.00. The van der Waals surface area contributed by atoms with Crippen LogP contribution in [0.4, 0.5) is 18.9 Å². The highest BCUT2D eigenvalue weighted by Crippen LogP contribution is 2.35. The lowest BCUT2D eigenvalue weighted by Crippen LogP contribution is -2.24. The van der Waals surface area contributed by atoms with Crippen LogP contribution in [0.3, 0.4) is 0 Å². The van der Waals surface area contributed by atoms with Crippen molar-refractivity contribution in [2.45, 2.75) is 23.2 Å². The van der Waals surface area contributed by atoms with Crippen molar-refractivity contribution >= 4 is 23.4 Å². The van der Waals surface area contributed by atoms with Gasteiger partial charge in [-0.3, -0.25) is 4.79 Å². The third kappa shape index (κ3) is 4.67. The van der Waals surface area contributed by atoms with Gasteiger partial charge >= 0.3 is 6.18 Å². The van der Waals surface area contributed by atoms with Crippen LogP contribution in [-0.4, -0.2) is 18.3 Å². The summed E-state index contributed by atoms with van der Waals surface area (Å²) in [5, 5.41) is 1.78. The monoisotopic (exact) mass is 355 g/mol. The Morgan fingerprint density at radius 3 is 2.54 bits per heavy atom. The fourth-order valence-electron chi connectivity index (χ4n) is 2.01. The molecule has 2 rings (SSSR count). The Balaban J connectivity index is 2.09. The summed E-state index contributed by atoms with van der Waals surface area (Å²) < 4.78 is 44.0. The molecule has 0 saturated heterocycles. The fraction of sp³-hybridized carbons (Fsp3) is 0.235. The van der Waals surface area contributed by atoms with E-state index in [1.165, 1.54) is 37.1 Å². The van der Waals surface area contributed by atoms with Crippen molar-refractivity contribution in [2.75, 3.05) is 12.4 Å². The number of ether oxygens (including phenoxy) is 1. The van der Waals surface area contributed by atoms with Crippen LogP contribution in [0.5, 0.6) is 5.75 Å². The third-order valence-corrected chi connectivity index (χ3v) is 4.31. The van der Waals surface area contributed by atoms with Gasteiger partial charge in [0, 0.05) is 4.90 Å². The summed E-state index contributed by atoms with van der Waals surface area (Å²) in [4.78, 5) is 13.0. The van der Waals surface area contributed by atoms with Gasteiger partial charge < -0.3 is 10.1 Å². The standard InChI is InChI=1S/C17H16F3NO2S/c1-11(24-13-7-5-6-12(10-13)23-2)16(22)21-15-9-4-3-8-14(15)17(18,19)20/h3-11H,1-2H3,(H,21,22). The normalized spacial score (nSPS) is 12.5. The molecule has 0 heterocycles. The molecule has 1 unspecified atom stereocenters. The van der Waals surface area contributed by atoms with Crippen LogP contribution < -0.4 is 10.1 Å². The number of carbonyl (C=O) groups excluding carboxylic acids is 1. The topological polar surface area (TPSA) is 38.3 Å². The summed E-state index contributed by atoms with van der Waals surface area (Å²) in [5.41, 5.74) is -1.11. The van der Waals surface area contributed by atoms with E-state index < -0.39 is 22.9 Å². The zero-order valence-corrected chi connectivity index (χ0v) is 13.9. The van der Waals surface area contributed by atoms with Gasteiger partial charge in [0.2, 0.25) is 5.91 Å². The van der Waals surface area contributed by atoms with Crippen molar-refractivity contribution in [2.24, 2.45) is 0 Å². The molecule has 0 spiro atoms. The predicted octanol–water partition coefficient (Wildman–Crippen LogP) is 4.83. The highest BCUT2D eigenvalue weighted by Gasteiger charge is 2.33. The first-order valence-corrected chi connectivity index (χ1v) is 7.97. The number of alkyl halides is 3. The van der Waals surface area contributed by atoms with E-state index in [-0.39, 0.29) is 5.69 Å². The number of benzene rings is 2. The second-order valence-corrected chi connectivity index (χ2v) is 6.39. The molecule has 0 aromatic heterocycles. The number of carbonyl (C=O) groups is 1. The maximum Gasteiger partial charge on any atom is 0.418 e. The first-order chi connectivity index (χ1) is 11.3. The minimum absolute atomic E-state index is 0.243. The van der Waals surface area contributed by atoms with Gasteiger partial charge in [-0.2, -0.15) is 13.2 Å². The van der Waals surface area contributed by atoms with Crippen LogP contribution in [0.2, 0.25) is 0 Å². The molecular formula is C17H16F3NO2S. The lowest BCUT2D eigenvalue weighted by molar-refractivity contribution is -0.137. The van der Waals surface area contributed by atoms with Crippen molar-refractivity contribution in [3.63, 3.8) is 0 Å². The summed E-state index contributed by atoms with van der Waals surface area (Å²) >= 11 is 1.24. The second kappa shape index (κ2) is 7.61. The molecule has 7 heteroatoms. The number of para-hydroxylation sites is 1. The van der Waals surface area contributed by atoms with E-state index in [1.54, 1.807) is 31.2 Å². The summed E-state index contributed by atoms with van der Waals surface area (Å²) in [7, 11) is 1.54. The Morgan fingerprint density at radius 1 is 1.17 bits per heavy atom. The molecular weight excluding hydrogens is 339 g/mol. The van der Waals surface area contributed by atoms with E-state index >= 15 is 0 Å². The number of methoxy groups -OCH3 is 1. The molecule has 2 aromatic carbocycles. The van der Waals surface area contributed by atoms with Crippen molar-refractivity contribution in [3.8, 4) is 5.75 Å². The Hall–Kier alpha value is -2.15. The average Bonchev–Trinajstić information content (AvgIpc) is 2.54. The molecule has 2 aromatic rings. The molecule has 24 heavy (non-hydrogen) atoms. The smallest absolute Gasteiger partial charge is 0.418 e. The van der Waals surface area contributed by atoms with Gasteiger partial charge in [-0.05, 0) is 37.3 Å². The molecule has 0 aliphatic rings. The first kappa shape index (κ1) is 18.2. The number of amides is 1. The lowest BCUT2D eigenvalue weighted by Gasteiger charge is -2.16. The van der Waals surface area contributed by atoms with Gasteiger partial charge in [0.25, 0.3) is 0 Å². The van der Waals surface area contributed by atoms with Crippen molar-refractivity contribution in [3.05, 3.63) is 54.1 Å². The zero-order valence-electron chi connectivity index (χ0n) is 13.1. The van der Waals surface area contributed by atoms with E-state index in [1.807, 2.05) is 0 Å². The van der Waals surface area contributed by atoms with Gasteiger partial charge in [-0.15, -0.1) is 11.8 Å². The van der Waals surface area contributed by atoms with Crippen molar-refractivity contribution < 1.29 is 22.7 Å². The summed E-state index contributed by atoms with van der Waals surface area (Å²) in [5.74, 6) is 0.148. The van der Waals surface area contributed by atoms with Gasteiger partial charge in [0.1, 0.15) is 5.75 Å². The largest absolute Gasteiger partial charge is 0.497 e. The number of halogens is 3. The van der Waals surface area contributed by atoms with Crippen LogP contribution in [0, 0.1) is 0 Å². The summed E-state index contributed by atoms with van der Waals surface area (Å²) in [6.45, 7) is 1.63. The number of anilines is 1. The molecule has 0 saturated carbocycles. The maximum atomic E-state index is 13.0. The SMILES string of the molecule is COc1cccc(SC(C)C(=O)Nc2ccccc2C(F)(F)F)c1. The zero-order chi connectivity index (χ0) is 17.7. The number of rotatable bonds is 5. The third-order valence-electron chi connectivity index (χ3n) is 3.21. The second-order valence-electron chi connectivity index (χ2n) is 4.97. The Labute approximate surface area is 142 Å². The Morgan fingerprint density at radius 2 is 1.88 bits per heavy atom. The molecule has 0 radical (unpaired) electrons. The number of thioether (sulfide) groups is 1. The molecule has 1 atom stereocenters. The lowest BCUT2D eigenvalue weighted by atomic mass is 10.1. The highest BCUT2D eigenvalue weighted by atomic mass is 32.2. The molecule has 1 amide bonds. The van der Waals surface area contributed by atoms with Crippen LogP contribution in [-0.2, 0) is 11.0 Å². The predicted molar refractivity (Wildman–Crippen MR) is 88.4 cm³/mol. The van der Waals surface area contributed by atoms with E-state index in [0.29, 0.717) is 5.75 Å². The van der Waals surface area contributed by atoms with Crippen LogP contribution in [0.25, 0.3) is 0 Å². The van der Waals surface area contributed by atoms with E-state index in [0.717, 1.165) is 11.0 Å². The van der Waals surface area contributed by atoms with Gasteiger partial charge in [-0.25, -0.2) is 0 Å². The van der Waals surface area contributed by atoms with Gasteiger partial charge in [-0.1, -0.05) is 18.2 Å². The fourth-order valence-corrected chi connectivity index (χ4v) is 2.92. The summed E-state index contributed by atoms with van der Waals surface area (Å²) in [6.07, 6.45) is -4.52. The number of nitrogens with one attached hydrogen (secondary N) is 1. The quantitative estimate of drug-likeness (QED) is 0.781. The van der Waals surface area contributed by atoms with E-state index in [9.17, 15) is 18.0 Å². The van der Waals surface area contributed by atoms with E-state index in [2.05, 4.69) is 5.32 Å². The summed E-state index contributed by atoms with van der Waals surface area (Å²) in [6, 6.07) is 12.0. The number of hydrogen-bond acceptors (Lipinski definition) is 3. The van der Waals surface area contributed by atoms with Crippen molar-refractivity contribution in [1.29, 1.82) is 0 Å². The van der Waals surface area contributed by atoms with Crippen molar-refractivity contribution in [1.82, 2.24) is 0 Å². The maximum absolute atomic E-state index is 13.0. The van der Waals surface area contributed by atoms with Gasteiger partial charge in [0.05, 0.1) is 23.6 Å². The number of hydrogen-bond donors (Lipinski definition) is 1. The Bertz CT molecular complexity index is 719. The van der Waals surface area contributed by atoms with Gasteiger partial charge in [0.15, 0.2) is 0 Å². The molecule has 0 bridgehead atoms. The minimum Gasteiger partial charge on any atom is -0.497 e. The van der Waals surface area contributed by atoms with E-state index in [4.69, 9.17) is 4.74 Å². The van der Waals surface area contributed by atoms with Crippen LogP contribution in [0.1, 0.15) is 12.5 Å². The molecule has 128 valence electrons. The van der Waals surface area contributed by atoms with Crippen LogP contribution >= 0.6 is 11.8 Å². The molecule has 0 aliphatic heterocycles. The molecule has 0 aliphatic carbocycles. The minimum atomic E-state index is -4.52. The molecule has 3 nitrogen and oxygen atoms in total. The first-order valence-electron chi connectivity index (χ1n) is 7.09. The molecule has 0 fully saturated rings. The Kier molecular flexibility index (Phi) is 5.77. The van der Waals surface area contributed by atoms with Crippen LogP contribution in [0.15, 0.2) is 53.4 Å².